The third-order valence-electron chi connectivity index (χ3n) is 4.77. The lowest BCUT2D eigenvalue weighted by molar-refractivity contribution is -0.131. The average molecular weight is 464 g/mol. The highest BCUT2D eigenvalue weighted by molar-refractivity contribution is 7.89. The van der Waals surface area contributed by atoms with Crippen LogP contribution in [-0.2, 0) is 19.6 Å². The molecule has 0 saturated heterocycles. The number of amides is 2. The molecule has 0 unspecified atom stereocenters. The second-order valence-electron chi connectivity index (χ2n) is 7.59. The summed E-state index contributed by atoms with van der Waals surface area (Å²) in [7, 11) is -2.50. The van der Waals surface area contributed by atoms with Gasteiger partial charge in [0.15, 0.2) is 6.61 Å². The molecule has 0 aromatic heterocycles. The van der Waals surface area contributed by atoms with Gasteiger partial charge in [0.05, 0.1) is 12.0 Å². The van der Waals surface area contributed by atoms with Crippen LogP contribution in [0.5, 0.6) is 11.5 Å². The van der Waals surface area contributed by atoms with Crippen molar-refractivity contribution in [1.82, 2.24) is 15.6 Å². The first-order valence-corrected chi connectivity index (χ1v) is 11.5. The van der Waals surface area contributed by atoms with Gasteiger partial charge in [0.1, 0.15) is 17.5 Å². The lowest BCUT2D eigenvalue weighted by Crippen LogP contribution is -2.54. The van der Waals surface area contributed by atoms with Crippen LogP contribution in [0.1, 0.15) is 25.0 Å². The summed E-state index contributed by atoms with van der Waals surface area (Å²) in [6, 6.07) is 10.1. The van der Waals surface area contributed by atoms with Crippen LogP contribution in [0.15, 0.2) is 47.4 Å². The van der Waals surface area contributed by atoms with Gasteiger partial charge >= 0.3 is 0 Å². The van der Waals surface area contributed by atoms with Gasteiger partial charge in [-0.2, -0.15) is 4.72 Å². The number of hydrazine groups is 1. The minimum absolute atomic E-state index is 0.0115. The van der Waals surface area contributed by atoms with Crippen molar-refractivity contribution in [2.75, 3.05) is 13.7 Å². The topological polar surface area (TPSA) is 123 Å². The van der Waals surface area contributed by atoms with Gasteiger partial charge in [0, 0.05) is 0 Å². The number of benzene rings is 2. The van der Waals surface area contributed by atoms with E-state index in [2.05, 4.69) is 15.6 Å². The van der Waals surface area contributed by atoms with E-state index in [0.29, 0.717) is 11.5 Å². The second-order valence-corrected chi connectivity index (χ2v) is 9.30. The molecule has 0 saturated carbocycles. The van der Waals surface area contributed by atoms with Crippen molar-refractivity contribution in [2.45, 2.75) is 38.6 Å². The van der Waals surface area contributed by atoms with Crippen molar-refractivity contribution in [3.63, 3.8) is 0 Å². The number of ether oxygens (including phenoxy) is 2. The minimum atomic E-state index is -3.97. The standard InChI is InChI=1S/C22H29N3O6S/c1-14(2)21(25-32(28,29)19-10-8-17(30-5)9-11-19)22(27)24-23-20(26)13-31-18-7-6-15(3)16(4)12-18/h6-12,14,21,25H,13H2,1-5H3,(H,23,26)(H,24,27)/t21-/m0/s1. The average Bonchev–Trinajstić information content (AvgIpc) is 2.76. The highest BCUT2D eigenvalue weighted by Gasteiger charge is 2.28. The van der Waals surface area contributed by atoms with E-state index in [1.165, 1.54) is 31.4 Å². The molecule has 0 aliphatic heterocycles. The van der Waals surface area contributed by atoms with Crippen LogP contribution in [0, 0.1) is 19.8 Å². The number of nitrogens with one attached hydrogen (secondary N) is 3. The number of hydrogen-bond acceptors (Lipinski definition) is 6. The van der Waals surface area contributed by atoms with Crippen molar-refractivity contribution in [3.05, 3.63) is 53.6 Å². The fourth-order valence-electron chi connectivity index (χ4n) is 2.68. The highest BCUT2D eigenvalue weighted by atomic mass is 32.2. The minimum Gasteiger partial charge on any atom is -0.497 e. The molecule has 174 valence electrons. The summed E-state index contributed by atoms with van der Waals surface area (Å²) >= 11 is 0. The van der Waals surface area contributed by atoms with E-state index in [1.54, 1.807) is 19.9 Å². The van der Waals surface area contributed by atoms with Gasteiger partial charge in [-0.3, -0.25) is 20.4 Å². The third kappa shape index (κ3) is 6.96. The Labute approximate surface area is 188 Å². The molecule has 2 amide bonds. The summed E-state index contributed by atoms with van der Waals surface area (Å²) in [5.74, 6) is -0.630. The van der Waals surface area contributed by atoms with E-state index in [4.69, 9.17) is 9.47 Å². The molecule has 0 aliphatic rings. The normalized spacial score (nSPS) is 12.2. The zero-order valence-electron chi connectivity index (χ0n) is 18.8. The lowest BCUT2D eigenvalue weighted by atomic mass is 10.1. The lowest BCUT2D eigenvalue weighted by Gasteiger charge is -2.22. The summed E-state index contributed by atoms with van der Waals surface area (Å²) in [5.41, 5.74) is 6.62. The van der Waals surface area contributed by atoms with Gasteiger partial charge in [-0.25, -0.2) is 8.42 Å². The van der Waals surface area contributed by atoms with E-state index in [9.17, 15) is 18.0 Å². The molecule has 32 heavy (non-hydrogen) atoms. The number of rotatable bonds is 9. The molecule has 0 fully saturated rings. The molecule has 2 aromatic carbocycles. The Morgan fingerprint density at radius 1 is 0.938 bits per heavy atom. The van der Waals surface area contributed by atoms with Crippen molar-refractivity contribution in [3.8, 4) is 11.5 Å². The molecule has 0 radical (unpaired) electrons. The Bertz CT molecular complexity index is 1050. The summed E-state index contributed by atoms with van der Waals surface area (Å²) in [6.45, 7) is 6.96. The first kappa shape index (κ1) is 25.2. The fourth-order valence-corrected chi connectivity index (χ4v) is 4.02. The molecule has 2 aromatic rings. The Hall–Kier alpha value is -3.11. The van der Waals surface area contributed by atoms with Crippen LogP contribution in [0.4, 0.5) is 0 Å². The predicted molar refractivity (Wildman–Crippen MR) is 120 cm³/mol. The zero-order chi connectivity index (χ0) is 23.9. The number of sulfonamides is 1. The Morgan fingerprint density at radius 3 is 2.12 bits per heavy atom. The third-order valence-corrected chi connectivity index (χ3v) is 6.23. The summed E-state index contributed by atoms with van der Waals surface area (Å²) in [6.07, 6.45) is 0. The number of aryl methyl sites for hydroxylation is 2. The van der Waals surface area contributed by atoms with E-state index in [1.807, 2.05) is 26.0 Å². The monoisotopic (exact) mass is 463 g/mol. The van der Waals surface area contributed by atoms with E-state index in [-0.39, 0.29) is 17.4 Å². The summed E-state index contributed by atoms with van der Waals surface area (Å²) < 4.78 is 38.1. The van der Waals surface area contributed by atoms with Gasteiger partial charge in [-0.15, -0.1) is 0 Å². The summed E-state index contributed by atoms with van der Waals surface area (Å²) in [4.78, 5) is 24.6. The van der Waals surface area contributed by atoms with Gasteiger partial charge < -0.3 is 9.47 Å². The number of carbonyl (C=O) groups excluding carboxylic acids is 2. The van der Waals surface area contributed by atoms with E-state index >= 15 is 0 Å². The molecule has 9 nitrogen and oxygen atoms in total. The Balaban J connectivity index is 1.94. The van der Waals surface area contributed by atoms with Crippen molar-refractivity contribution < 1.29 is 27.5 Å². The quantitative estimate of drug-likeness (QED) is 0.488. The molecule has 1 atom stereocenters. The van der Waals surface area contributed by atoms with Gasteiger partial charge in [-0.05, 0) is 67.3 Å². The van der Waals surface area contributed by atoms with Gasteiger partial charge in [0.25, 0.3) is 11.8 Å². The largest absolute Gasteiger partial charge is 0.497 e. The Kier molecular flexibility index (Phi) is 8.62. The fraction of sp³-hybridized carbons (Fsp3) is 0.364. The molecule has 0 heterocycles. The van der Waals surface area contributed by atoms with Gasteiger partial charge in [-0.1, -0.05) is 19.9 Å². The second kappa shape index (κ2) is 11.0. The molecule has 2 rings (SSSR count). The van der Waals surface area contributed by atoms with Crippen LogP contribution < -0.4 is 25.0 Å². The molecule has 3 N–H and O–H groups in total. The van der Waals surface area contributed by atoms with Crippen molar-refractivity contribution in [2.24, 2.45) is 5.92 Å². The highest BCUT2D eigenvalue weighted by Crippen LogP contribution is 2.17. The molecule has 10 heteroatoms. The van der Waals surface area contributed by atoms with Crippen LogP contribution >= 0.6 is 0 Å². The maximum absolute atomic E-state index is 12.7. The van der Waals surface area contributed by atoms with Crippen molar-refractivity contribution in [1.29, 1.82) is 0 Å². The SMILES string of the molecule is COc1ccc(S(=O)(=O)N[C@H](C(=O)NNC(=O)COc2ccc(C)c(C)c2)C(C)C)cc1. The first-order chi connectivity index (χ1) is 15.0. The predicted octanol–water partition coefficient (Wildman–Crippen LogP) is 1.84. The van der Waals surface area contributed by atoms with Gasteiger partial charge in [0.2, 0.25) is 10.0 Å². The number of methoxy groups -OCH3 is 1. The molecular formula is C22H29N3O6S. The number of carbonyl (C=O) groups is 2. The zero-order valence-corrected chi connectivity index (χ0v) is 19.6. The number of hydrogen-bond donors (Lipinski definition) is 3. The van der Waals surface area contributed by atoms with Crippen LogP contribution in [0.3, 0.4) is 0 Å². The molecular weight excluding hydrogens is 434 g/mol. The maximum atomic E-state index is 12.7. The first-order valence-electron chi connectivity index (χ1n) is 9.98. The smallest absolute Gasteiger partial charge is 0.276 e. The molecule has 0 bridgehead atoms. The van der Waals surface area contributed by atoms with Crippen LogP contribution in [0.2, 0.25) is 0 Å². The Morgan fingerprint density at radius 2 is 1.56 bits per heavy atom. The summed E-state index contributed by atoms with van der Waals surface area (Å²) in [5, 5.41) is 0. The molecule has 0 aliphatic carbocycles. The van der Waals surface area contributed by atoms with E-state index < -0.39 is 27.9 Å². The maximum Gasteiger partial charge on any atom is 0.276 e. The van der Waals surface area contributed by atoms with Crippen LogP contribution in [-0.4, -0.2) is 40.0 Å². The molecule has 0 spiro atoms. The van der Waals surface area contributed by atoms with Crippen molar-refractivity contribution >= 4 is 21.8 Å². The van der Waals surface area contributed by atoms with E-state index in [0.717, 1.165) is 11.1 Å². The van der Waals surface area contributed by atoms with Crippen LogP contribution in [0.25, 0.3) is 0 Å².